The fourth-order valence-corrected chi connectivity index (χ4v) is 1.54. The zero-order chi connectivity index (χ0) is 10.1. The third kappa shape index (κ3) is 2.27. The van der Waals surface area contributed by atoms with Gasteiger partial charge in [0.15, 0.2) is 0 Å². The molecule has 0 fully saturated rings. The molecule has 0 aliphatic carbocycles. The molecule has 0 saturated heterocycles. The SMILES string of the molecule is CCC(F)(F)c1cc(Br)ccc1C. The quantitative estimate of drug-likeness (QED) is 0.734. The molecule has 0 bridgehead atoms. The monoisotopic (exact) mass is 248 g/mol. The molecule has 1 rings (SSSR count). The summed E-state index contributed by atoms with van der Waals surface area (Å²) in [5.41, 5.74) is 0.749. The molecule has 1 aromatic rings. The third-order valence-electron chi connectivity index (χ3n) is 2.04. The second-order valence-electron chi connectivity index (χ2n) is 3.02. The lowest BCUT2D eigenvalue weighted by molar-refractivity contribution is -0.00894. The maximum atomic E-state index is 13.3. The number of aryl methyl sites for hydroxylation is 1. The van der Waals surface area contributed by atoms with Crippen molar-refractivity contribution in [1.82, 2.24) is 0 Å². The number of alkyl halides is 2. The van der Waals surface area contributed by atoms with E-state index in [4.69, 9.17) is 0 Å². The molecule has 72 valence electrons. The Balaban J connectivity index is 3.20. The molecule has 0 unspecified atom stereocenters. The number of benzene rings is 1. The van der Waals surface area contributed by atoms with Gasteiger partial charge in [-0.05, 0) is 24.6 Å². The zero-order valence-corrected chi connectivity index (χ0v) is 9.16. The standard InChI is InChI=1S/C10H11BrF2/c1-3-10(12,13)9-6-8(11)5-4-7(9)2/h4-6H,3H2,1-2H3. The van der Waals surface area contributed by atoms with Crippen molar-refractivity contribution in [2.24, 2.45) is 0 Å². The maximum absolute atomic E-state index is 13.3. The van der Waals surface area contributed by atoms with Crippen LogP contribution in [0.2, 0.25) is 0 Å². The molecule has 0 atom stereocenters. The first-order chi connectivity index (χ1) is 5.97. The van der Waals surface area contributed by atoms with E-state index in [0.29, 0.717) is 10.0 Å². The molecule has 0 aromatic heterocycles. The molecule has 13 heavy (non-hydrogen) atoms. The van der Waals surface area contributed by atoms with Gasteiger partial charge in [-0.15, -0.1) is 0 Å². The average Bonchev–Trinajstić information content (AvgIpc) is 2.09. The number of halogens is 3. The van der Waals surface area contributed by atoms with Crippen LogP contribution in [-0.2, 0) is 5.92 Å². The molecule has 0 nitrogen and oxygen atoms in total. The van der Waals surface area contributed by atoms with Crippen LogP contribution in [0.1, 0.15) is 24.5 Å². The summed E-state index contributed by atoms with van der Waals surface area (Å²) < 4.78 is 27.3. The van der Waals surface area contributed by atoms with Crippen LogP contribution in [0, 0.1) is 6.92 Å². The van der Waals surface area contributed by atoms with Gasteiger partial charge in [0.25, 0.3) is 5.92 Å². The predicted molar refractivity (Wildman–Crippen MR) is 53.1 cm³/mol. The lowest BCUT2D eigenvalue weighted by Crippen LogP contribution is -2.13. The summed E-state index contributed by atoms with van der Waals surface area (Å²) in [5.74, 6) is -2.71. The highest BCUT2D eigenvalue weighted by Crippen LogP contribution is 2.34. The van der Waals surface area contributed by atoms with E-state index < -0.39 is 5.92 Å². The van der Waals surface area contributed by atoms with Crippen molar-refractivity contribution in [2.45, 2.75) is 26.2 Å². The molecule has 0 amide bonds. The number of rotatable bonds is 2. The van der Waals surface area contributed by atoms with Gasteiger partial charge < -0.3 is 0 Å². The van der Waals surface area contributed by atoms with Gasteiger partial charge in [-0.3, -0.25) is 0 Å². The predicted octanol–water partition coefficient (Wildman–Crippen LogP) is 4.26. The van der Waals surface area contributed by atoms with Crippen LogP contribution < -0.4 is 0 Å². The van der Waals surface area contributed by atoms with Gasteiger partial charge in [-0.2, -0.15) is 0 Å². The molecule has 0 radical (unpaired) electrons. The van der Waals surface area contributed by atoms with Crippen LogP contribution in [0.15, 0.2) is 22.7 Å². The van der Waals surface area contributed by atoms with Gasteiger partial charge in [-0.1, -0.05) is 28.9 Å². The Morgan fingerprint density at radius 3 is 2.54 bits per heavy atom. The van der Waals surface area contributed by atoms with Crippen molar-refractivity contribution in [3.05, 3.63) is 33.8 Å². The lowest BCUT2D eigenvalue weighted by Gasteiger charge is -2.17. The first-order valence-corrected chi connectivity index (χ1v) is 4.91. The van der Waals surface area contributed by atoms with Gasteiger partial charge in [0.1, 0.15) is 0 Å². The van der Waals surface area contributed by atoms with E-state index in [1.807, 2.05) is 0 Å². The highest BCUT2D eigenvalue weighted by atomic mass is 79.9. The maximum Gasteiger partial charge on any atom is 0.273 e. The van der Waals surface area contributed by atoms with E-state index in [-0.39, 0.29) is 12.0 Å². The first kappa shape index (κ1) is 10.6. The summed E-state index contributed by atoms with van der Waals surface area (Å²) in [4.78, 5) is 0. The number of hydrogen-bond donors (Lipinski definition) is 0. The van der Waals surface area contributed by atoms with Crippen molar-refractivity contribution in [3.8, 4) is 0 Å². The molecule has 0 aliphatic heterocycles. The summed E-state index contributed by atoms with van der Waals surface area (Å²) in [6.07, 6.45) is -0.162. The van der Waals surface area contributed by atoms with E-state index in [9.17, 15) is 8.78 Å². The van der Waals surface area contributed by atoms with Crippen molar-refractivity contribution in [3.63, 3.8) is 0 Å². The van der Waals surface area contributed by atoms with Crippen LogP contribution in [0.3, 0.4) is 0 Å². The summed E-state index contributed by atoms with van der Waals surface area (Å²) in [6.45, 7) is 3.19. The smallest absolute Gasteiger partial charge is 0.201 e. The topological polar surface area (TPSA) is 0 Å². The van der Waals surface area contributed by atoms with E-state index in [2.05, 4.69) is 15.9 Å². The van der Waals surface area contributed by atoms with Crippen LogP contribution in [0.25, 0.3) is 0 Å². The molecule has 1 aromatic carbocycles. The average molecular weight is 249 g/mol. The minimum Gasteiger partial charge on any atom is -0.201 e. The minimum atomic E-state index is -2.71. The first-order valence-electron chi connectivity index (χ1n) is 4.12. The van der Waals surface area contributed by atoms with Crippen LogP contribution in [-0.4, -0.2) is 0 Å². The summed E-state index contributed by atoms with van der Waals surface area (Å²) >= 11 is 3.18. The molecule has 0 heterocycles. The third-order valence-corrected chi connectivity index (χ3v) is 2.53. The van der Waals surface area contributed by atoms with Crippen molar-refractivity contribution in [1.29, 1.82) is 0 Å². The largest absolute Gasteiger partial charge is 0.273 e. The van der Waals surface area contributed by atoms with Gasteiger partial charge in [0, 0.05) is 16.5 Å². The molecule has 0 saturated carbocycles. The fourth-order valence-electron chi connectivity index (χ4n) is 1.18. The van der Waals surface area contributed by atoms with Crippen LogP contribution in [0.5, 0.6) is 0 Å². The van der Waals surface area contributed by atoms with E-state index in [1.54, 1.807) is 19.1 Å². The van der Waals surface area contributed by atoms with Crippen LogP contribution in [0.4, 0.5) is 8.78 Å². The summed E-state index contributed by atoms with van der Waals surface area (Å²) in [6, 6.07) is 4.95. The van der Waals surface area contributed by atoms with E-state index in [1.165, 1.54) is 13.0 Å². The molecule has 0 aliphatic rings. The normalized spacial score (nSPS) is 11.8. The summed E-state index contributed by atoms with van der Waals surface area (Å²) in [5, 5.41) is 0. The molecule has 0 spiro atoms. The Hall–Kier alpha value is -0.440. The Kier molecular flexibility index (Phi) is 3.06. The van der Waals surface area contributed by atoms with E-state index >= 15 is 0 Å². The minimum absolute atomic E-state index is 0.115. The van der Waals surface area contributed by atoms with Gasteiger partial charge in [0.2, 0.25) is 0 Å². The highest BCUT2D eigenvalue weighted by Gasteiger charge is 2.30. The van der Waals surface area contributed by atoms with Gasteiger partial charge >= 0.3 is 0 Å². The second-order valence-corrected chi connectivity index (χ2v) is 3.93. The highest BCUT2D eigenvalue weighted by molar-refractivity contribution is 9.10. The van der Waals surface area contributed by atoms with Crippen molar-refractivity contribution < 1.29 is 8.78 Å². The molecule has 3 heteroatoms. The fraction of sp³-hybridized carbons (Fsp3) is 0.400. The Morgan fingerprint density at radius 2 is 2.00 bits per heavy atom. The second kappa shape index (κ2) is 3.74. The van der Waals surface area contributed by atoms with E-state index in [0.717, 1.165) is 0 Å². The zero-order valence-electron chi connectivity index (χ0n) is 7.57. The van der Waals surface area contributed by atoms with Gasteiger partial charge in [0.05, 0.1) is 0 Å². The number of hydrogen-bond acceptors (Lipinski definition) is 0. The molecule has 0 N–H and O–H groups in total. The van der Waals surface area contributed by atoms with Crippen LogP contribution >= 0.6 is 15.9 Å². The molecular weight excluding hydrogens is 238 g/mol. The van der Waals surface area contributed by atoms with Crippen molar-refractivity contribution >= 4 is 15.9 Å². The van der Waals surface area contributed by atoms with Crippen molar-refractivity contribution in [2.75, 3.05) is 0 Å². The summed E-state index contributed by atoms with van der Waals surface area (Å²) in [7, 11) is 0. The Labute approximate surface area is 85.1 Å². The lowest BCUT2D eigenvalue weighted by atomic mass is 10.0. The Morgan fingerprint density at radius 1 is 1.38 bits per heavy atom. The Bertz CT molecular complexity index is 308. The van der Waals surface area contributed by atoms with Gasteiger partial charge in [-0.25, -0.2) is 8.78 Å². The molecular formula is C10H11BrF2.